The van der Waals surface area contributed by atoms with Crippen molar-refractivity contribution in [2.45, 2.75) is 32.2 Å². The lowest BCUT2D eigenvalue weighted by Gasteiger charge is -2.32. The number of nitrogens with zero attached hydrogens (tertiary/aromatic N) is 2. The molecule has 3 rings (SSSR count). The molecule has 1 saturated heterocycles. The van der Waals surface area contributed by atoms with Gasteiger partial charge in [0, 0.05) is 18.4 Å². The van der Waals surface area contributed by atoms with Crippen LogP contribution in [0.5, 0.6) is 0 Å². The zero-order valence-electron chi connectivity index (χ0n) is 12.7. The van der Waals surface area contributed by atoms with E-state index in [9.17, 15) is 4.79 Å². The van der Waals surface area contributed by atoms with Gasteiger partial charge in [0.1, 0.15) is 5.82 Å². The summed E-state index contributed by atoms with van der Waals surface area (Å²) < 4.78 is 0. The average molecular weight is 299 g/mol. The number of hydrogen-bond acceptors (Lipinski definition) is 3. The van der Waals surface area contributed by atoms with Crippen molar-refractivity contribution in [2.75, 3.05) is 13.1 Å². The fraction of sp³-hybridized carbons (Fsp3) is 0.412. The monoisotopic (exact) mass is 299 g/mol. The summed E-state index contributed by atoms with van der Waals surface area (Å²) in [5, 5.41) is 8.98. The van der Waals surface area contributed by atoms with Crippen LogP contribution in [0.4, 0.5) is 0 Å². The van der Waals surface area contributed by atoms with Gasteiger partial charge in [0.15, 0.2) is 0 Å². The number of carboxylic acid groups (broad SMARTS) is 1. The molecule has 5 nitrogen and oxygen atoms in total. The standard InChI is InChI=1S/C17H21N3O2/c1-12-9-18-16(19-12)11-20-8-2-3-15(10-20)13-4-6-14(7-5-13)17(21)22/h4-7,9,15H,2-3,8,10-11H2,1H3,(H,18,19)(H,21,22). The molecule has 5 heteroatoms. The SMILES string of the molecule is Cc1cnc(CN2CCCC(c3ccc(C(=O)O)cc3)C2)[nH]1. The van der Waals surface area contributed by atoms with Crippen molar-refractivity contribution in [2.24, 2.45) is 0 Å². The topological polar surface area (TPSA) is 69.2 Å². The van der Waals surface area contributed by atoms with Crippen LogP contribution in [0.25, 0.3) is 0 Å². The van der Waals surface area contributed by atoms with Crippen LogP contribution in [-0.4, -0.2) is 39.0 Å². The molecule has 0 bridgehead atoms. The molecule has 1 aliphatic rings. The normalized spacial score (nSPS) is 19.2. The number of likely N-dealkylation sites (tertiary alicyclic amines) is 1. The van der Waals surface area contributed by atoms with Crippen molar-refractivity contribution in [3.05, 3.63) is 53.1 Å². The van der Waals surface area contributed by atoms with E-state index in [0.29, 0.717) is 11.5 Å². The first-order valence-corrected chi connectivity index (χ1v) is 7.68. The molecule has 2 aromatic rings. The second kappa shape index (κ2) is 6.32. The van der Waals surface area contributed by atoms with Gasteiger partial charge in [-0.2, -0.15) is 0 Å². The van der Waals surface area contributed by atoms with Crippen molar-refractivity contribution >= 4 is 5.97 Å². The molecule has 1 aromatic carbocycles. The first kappa shape index (κ1) is 14.8. The van der Waals surface area contributed by atoms with Crippen molar-refractivity contribution in [1.82, 2.24) is 14.9 Å². The van der Waals surface area contributed by atoms with Crippen molar-refractivity contribution in [3.63, 3.8) is 0 Å². The van der Waals surface area contributed by atoms with Gasteiger partial charge in [0.05, 0.1) is 12.1 Å². The van der Waals surface area contributed by atoms with Gasteiger partial charge >= 0.3 is 5.97 Å². The Morgan fingerprint density at radius 1 is 1.41 bits per heavy atom. The predicted octanol–water partition coefficient (Wildman–Crippen LogP) is 2.80. The lowest BCUT2D eigenvalue weighted by molar-refractivity contribution is 0.0697. The maximum absolute atomic E-state index is 10.9. The van der Waals surface area contributed by atoms with E-state index >= 15 is 0 Å². The first-order chi connectivity index (χ1) is 10.6. The highest BCUT2D eigenvalue weighted by Crippen LogP contribution is 2.27. The van der Waals surface area contributed by atoms with E-state index < -0.39 is 5.97 Å². The molecular formula is C17H21N3O2. The number of carbonyl (C=O) groups is 1. The van der Waals surface area contributed by atoms with Crippen LogP contribution in [-0.2, 0) is 6.54 Å². The number of aromatic amines is 1. The Hall–Kier alpha value is -2.14. The van der Waals surface area contributed by atoms with Crippen LogP contribution in [0.1, 0.15) is 46.2 Å². The number of aryl methyl sites for hydroxylation is 1. The lowest BCUT2D eigenvalue weighted by atomic mass is 9.90. The molecule has 0 aliphatic carbocycles. The number of hydrogen-bond donors (Lipinski definition) is 2. The van der Waals surface area contributed by atoms with Crippen molar-refractivity contribution in [3.8, 4) is 0 Å². The summed E-state index contributed by atoms with van der Waals surface area (Å²) in [6, 6.07) is 7.31. The van der Waals surface area contributed by atoms with Crippen LogP contribution in [0.15, 0.2) is 30.5 Å². The Labute approximate surface area is 130 Å². The molecule has 116 valence electrons. The number of nitrogens with one attached hydrogen (secondary N) is 1. The highest BCUT2D eigenvalue weighted by Gasteiger charge is 2.22. The number of benzene rings is 1. The largest absolute Gasteiger partial charge is 0.478 e. The molecule has 22 heavy (non-hydrogen) atoms. The Bertz CT molecular complexity index is 648. The molecule has 0 radical (unpaired) electrons. The van der Waals surface area contributed by atoms with Crippen LogP contribution in [0.3, 0.4) is 0 Å². The molecule has 0 amide bonds. The zero-order valence-corrected chi connectivity index (χ0v) is 12.7. The van der Waals surface area contributed by atoms with Crippen LogP contribution in [0, 0.1) is 6.92 Å². The van der Waals surface area contributed by atoms with E-state index in [1.165, 1.54) is 5.56 Å². The number of piperidine rings is 1. The molecule has 1 aromatic heterocycles. The summed E-state index contributed by atoms with van der Waals surface area (Å²) in [5.41, 5.74) is 2.67. The fourth-order valence-electron chi connectivity index (χ4n) is 3.13. The third-order valence-corrected chi connectivity index (χ3v) is 4.26. The summed E-state index contributed by atoms with van der Waals surface area (Å²) in [7, 11) is 0. The molecule has 1 aliphatic heterocycles. The highest BCUT2D eigenvalue weighted by molar-refractivity contribution is 5.87. The Morgan fingerprint density at radius 2 is 2.18 bits per heavy atom. The quantitative estimate of drug-likeness (QED) is 0.911. The summed E-state index contributed by atoms with van der Waals surface area (Å²) in [6.07, 6.45) is 4.17. The summed E-state index contributed by atoms with van der Waals surface area (Å²) >= 11 is 0. The second-order valence-corrected chi connectivity index (χ2v) is 6.01. The summed E-state index contributed by atoms with van der Waals surface area (Å²) in [5.74, 6) is 0.608. The summed E-state index contributed by atoms with van der Waals surface area (Å²) in [6.45, 7) is 4.94. The second-order valence-electron chi connectivity index (χ2n) is 6.01. The van der Waals surface area contributed by atoms with Gasteiger partial charge in [-0.3, -0.25) is 4.90 Å². The van der Waals surface area contributed by atoms with E-state index in [4.69, 9.17) is 5.11 Å². The molecule has 2 N–H and O–H groups in total. The van der Waals surface area contributed by atoms with Crippen LogP contribution in [0.2, 0.25) is 0 Å². The van der Waals surface area contributed by atoms with Crippen molar-refractivity contribution in [1.29, 1.82) is 0 Å². The minimum atomic E-state index is -0.870. The fourth-order valence-corrected chi connectivity index (χ4v) is 3.13. The van der Waals surface area contributed by atoms with Crippen LogP contribution >= 0.6 is 0 Å². The molecule has 1 atom stereocenters. The van der Waals surface area contributed by atoms with Gasteiger partial charge in [0.2, 0.25) is 0 Å². The number of aromatic nitrogens is 2. The first-order valence-electron chi connectivity index (χ1n) is 7.68. The van der Waals surface area contributed by atoms with E-state index in [1.807, 2.05) is 25.3 Å². The molecule has 1 unspecified atom stereocenters. The number of H-pyrrole nitrogens is 1. The molecule has 0 spiro atoms. The lowest BCUT2D eigenvalue weighted by Crippen LogP contribution is -2.34. The van der Waals surface area contributed by atoms with E-state index in [2.05, 4.69) is 14.9 Å². The number of rotatable bonds is 4. The minimum absolute atomic E-state index is 0.350. The third-order valence-electron chi connectivity index (χ3n) is 4.26. The predicted molar refractivity (Wildman–Crippen MR) is 84.0 cm³/mol. The number of aromatic carboxylic acids is 1. The minimum Gasteiger partial charge on any atom is -0.478 e. The van der Waals surface area contributed by atoms with Gasteiger partial charge < -0.3 is 10.1 Å². The third kappa shape index (κ3) is 3.36. The molecule has 0 saturated carbocycles. The van der Waals surface area contributed by atoms with E-state index in [0.717, 1.165) is 44.0 Å². The van der Waals surface area contributed by atoms with Crippen LogP contribution < -0.4 is 0 Å². The van der Waals surface area contributed by atoms with Crippen molar-refractivity contribution < 1.29 is 9.90 Å². The zero-order chi connectivity index (χ0) is 15.5. The maximum Gasteiger partial charge on any atom is 0.335 e. The highest BCUT2D eigenvalue weighted by atomic mass is 16.4. The van der Waals surface area contributed by atoms with Gasteiger partial charge in [0.25, 0.3) is 0 Å². The van der Waals surface area contributed by atoms with E-state index in [1.54, 1.807) is 12.1 Å². The molecule has 2 heterocycles. The maximum atomic E-state index is 10.9. The van der Waals surface area contributed by atoms with E-state index in [-0.39, 0.29) is 0 Å². The number of carboxylic acids is 1. The summed E-state index contributed by atoms with van der Waals surface area (Å²) in [4.78, 5) is 21.0. The molecule has 1 fully saturated rings. The Morgan fingerprint density at radius 3 is 2.82 bits per heavy atom. The van der Waals surface area contributed by atoms with Gasteiger partial charge in [-0.05, 0) is 49.9 Å². The smallest absolute Gasteiger partial charge is 0.335 e. The average Bonchev–Trinajstić information content (AvgIpc) is 2.93. The molecular weight excluding hydrogens is 278 g/mol. The Balaban J connectivity index is 1.66. The van der Waals surface area contributed by atoms with Gasteiger partial charge in [-0.1, -0.05) is 12.1 Å². The Kier molecular flexibility index (Phi) is 4.24. The van der Waals surface area contributed by atoms with Gasteiger partial charge in [-0.25, -0.2) is 9.78 Å². The number of imidazole rings is 1. The van der Waals surface area contributed by atoms with Gasteiger partial charge in [-0.15, -0.1) is 0 Å².